The highest BCUT2D eigenvalue weighted by molar-refractivity contribution is 5.90. The second-order valence-corrected chi connectivity index (χ2v) is 5.72. The fraction of sp³-hybridized carbons (Fsp3) is 0.714. The molecule has 1 rings (SSSR count). The summed E-state index contributed by atoms with van der Waals surface area (Å²) < 4.78 is 10.3. The number of carbonyl (C=O) groups excluding carboxylic acids is 2. The maximum absolute atomic E-state index is 12.2. The first-order valence-corrected chi connectivity index (χ1v) is 6.68. The van der Waals surface area contributed by atoms with Crippen LogP contribution in [0.1, 0.15) is 34.6 Å². The van der Waals surface area contributed by atoms with Crippen molar-refractivity contribution < 1.29 is 24.2 Å². The van der Waals surface area contributed by atoms with Gasteiger partial charge in [0.1, 0.15) is 5.60 Å². The van der Waals surface area contributed by atoms with E-state index in [4.69, 9.17) is 9.47 Å². The fourth-order valence-corrected chi connectivity index (χ4v) is 2.08. The minimum atomic E-state index is -1.52. The van der Waals surface area contributed by atoms with Crippen LogP contribution in [0.15, 0.2) is 12.2 Å². The summed E-state index contributed by atoms with van der Waals surface area (Å²) in [6, 6.07) is 0. The molecule has 0 aromatic carbocycles. The number of rotatable bonds is 3. The lowest BCUT2D eigenvalue weighted by Crippen LogP contribution is -2.60. The number of hydrogen-bond donors (Lipinski definition) is 1. The van der Waals surface area contributed by atoms with Crippen LogP contribution in [-0.4, -0.2) is 52.5 Å². The molecule has 0 radical (unpaired) electrons. The quantitative estimate of drug-likeness (QED) is 0.628. The van der Waals surface area contributed by atoms with Gasteiger partial charge in [-0.3, -0.25) is 4.90 Å². The molecule has 0 spiro atoms. The van der Waals surface area contributed by atoms with Crippen LogP contribution < -0.4 is 0 Å². The maximum atomic E-state index is 12.2. The molecule has 1 aliphatic heterocycles. The molecular formula is C14H23NO5. The zero-order valence-electron chi connectivity index (χ0n) is 12.7. The topological polar surface area (TPSA) is 76.1 Å². The van der Waals surface area contributed by atoms with Crippen molar-refractivity contribution in [2.24, 2.45) is 0 Å². The van der Waals surface area contributed by atoms with Crippen LogP contribution in [-0.2, 0) is 14.3 Å². The summed E-state index contributed by atoms with van der Waals surface area (Å²) in [7, 11) is 0. The van der Waals surface area contributed by atoms with Gasteiger partial charge in [-0.1, -0.05) is 6.08 Å². The van der Waals surface area contributed by atoms with E-state index < -0.39 is 29.3 Å². The molecule has 0 fully saturated rings. The highest BCUT2D eigenvalue weighted by Gasteiger charge is 2.53. The van der Waals surface area contributed by atoms with Gasteiger partial charge >= 0.3 is 12.1 Å². The zero-order chi connectivity index (χ0) is 15.6. The van der Waals surface area contributed by atoms with Gasteiger partial charge in [-0.15, -0.1) is 0 Å². The first-order chi connectivity index (χ1) is 9.15. The van der Waals surface area contributed by atoms with Gasteiger partial charge in [0.25, 0.3) is 0 Å². The number of aliphatic hydroxyl groups is 1. The van der Waals surface area contributed by atoms with E-state index in [1.54, 1.807) is 33.8 Å². The average Bonchev–Trinajstić information content (AvgIpc) is 2.72. The number of hydrogen-bond acceptors (Lipinski definition) is 5. The average molecular weight is 285 g/mol. The van der Waals surface area contributed by atoms with Crippen molar-refractivity contribution in [1.82, 2.24) is 4.90 Å². The van der Waals surface area contributed by atoms with Crippen molar-refractivity contribution in [1.29, 1.82) is 0 Å². The van der Waals surface area contributed by atoms with Crippen LogP contribution in [0.5, 0.6) is 0 Å². The highest BCUT2D eigenvalue weighted by atomic mass is 16.6. The second-order valence-electron chi connectivity index (χ2n) is 5.72. The van der Waals surface area contributed by atoms with Crippen molar-refractivity contribution in [3.8, 4) is 0 Å². The first kappa shape index (κ1) is 16.5. The van der Waals surface area contributed by atoms with Crippen molar-refractivity contribution in [2.75, 3.05) is 13.2 Å². The third-order valence-corrected chi connectivity index (χ3v) is 2.96. The first-order valence-electron chi connectivity index (χ1n) is 6.68. The van der Waals surface area contributed by atoms with E-state index in [9.17, 15) is 14.7 Å². The number of ether oxygens (including phenoxy) is 2. The molecule has 6 nitrogen and oxygen atoms in total. The van der Waals surface area contributed by atoms with E-state index >= 15 is 0 Å². The van der Waals surface area contributed by atoms with Crippen LogP contribution in [0.25, 0.3) is 0 Å². The fourth-order valence-electron chi connectivity index (χ4n) is 2.08. The van der Waals surface area contributed by atoms with Gasteiger partial charge in [0.2, 0.25) is 0 Å². The van der Waals surface area contributed by atoms with Crippen LogP contribution in [0.2, 0.25) is 0 Å². The van der Waals surface area contributed by atoms with E-state index in [1.807, 2.05) is 0 Å². The normalized spacial score (nSPS) is 23.6. The third kappa shape index (κ3) is 3.12. The van der Waals surface area contributed by atoms with Gasteiger partial charge in [-0.25, -0.2) is 9.59 Å². The van der Waals surface area contributed by atoms with Crippen molar-refractivity contribution in [3.05, 3.63) is 12.2 Å². The van der Waals surface area contributed by atoms with Crippen molar-refractivity contribution in [2.45, 2.75) is 51.9 Å². The molecule has 1 aliphatic rings. The molecule has 0 unspecified atom stereocenters. The minimum absolute atomic E-state index is 0.170. The summed E-state index contributed by atoms with van der Waals surface area (Å²) >= 11 is 0. The van der Waals surface area contributed by atoms with E-state index in [1.165, 1.54) is 17.9 Å². The summed E-state index contributed by atoms with van der Waals surface area (Å²) in [5.74, 6) is -0.658. The van der Waals surface area contributed by atoms with E-state index in [-0.39, 0.29) is 13.2 Å². The minimum Gasteiger partial charge on any atom is -0.464 e. The smallest absolute Gasteiger partial charge is 0.411 e. The summed E-state index contributed by atoms with van der Waals surface area (Å²) in [5, 5.41) is 10.0. The lowest BCUT2D eigenvalue weighted by molar-refractivity contribution is -0.159. The molecule has 0 aliphatic carbocycles. The summed E-state index contributed by atoms with van der Waals surface area (Å²) in [6.45, 7) is 8.70. The Morgan fingerprint density at radius 1 is 1.45 bits per heavy atom. The van der Waals surface area contributed by atoms with E-state index in [0.717, 1.165) is 0 Å². The maximum Gasteiger partial charge on any atom is 0.411 e. The third-order valence-electron chi connectivity index (χ3n) is 2.96. The molecule has 1 amide bonds. The molecule has 0 aromatic heterocycles. The molecule has 0 aromatic rings. The monoisotopic (exact) mass is 285 g/mol. The largest absolute Gasteiger partial charge is 0.464 e. The predicted octanol–water partition coefficient (Wildman–Crippen LogP) is 1.48. The Morgan fingerprint density at radius 2 is 2.05 bits per heavy atom. The Balaban J connectivity index is 3.06. The van der Waals surface area contributed by atoms with Gasteiger partial charge in [-0.05, 0) is 40.7 Å². The van der Waals surface area contributed by atoms with Gasteiger partial charge in [0, 0.05) is 6.54 Å². The van der Waals surface area contributed by atoms with Crippen LogP contribution in [0.3, 0.4) is 0 Å². The Bertz CT molecular complexity index is 410. The standard InChI is InChI=1S/C14H23NO5/c1-6-19-11(17)14(10(2)16)8-7-9-15(14)12(18)20-13(3,4)5/h7-8,10,16H,6,9H2,1-5H3/t10-,14-/m1/s1. The molecule has 0 saturated heterocycles. The zero-order valence-corrected chi connectivity index (χ0v) is 12.7. The van der Waals surface area contributed by atoms with Gasteiger partial charge in [0.15, 0.2) is 5.54 Å². The molecule has 20 heavy (non-hydrogen) atoms. The molecular weight excluding hydrogens is 262 g/mol. The Hall–Kier alpha value is -1.56. The number of esters is 1. The molecule has 6 heteroatoms. The SMILES string of the molecule is CCOC(=O)[C@]1([C@@H](C)O)C=CCN1C(=O)OC(C)(C)C. The van der Waals surface area contributed by atoms with Crippen molar-refractivity contribution >= 4 is 12.1 Å². The van der Waals surface area contributed by atoms with Crippen molar-refractivity contribution in [3.63, 3.8) is 0 Å². The molecule has 114 valence electrons. The summed E-state index contributed by atoms with van der Waals surface area (Å²) in [5.41, 5.74) is -2.20. The molecule has 0 bridgehead atoms. The second kappa shape index (κ2) is 5.83. The lowest BCUT2D eigenvalue weighted by Gasteiger charge is -2.38. The Morgan fingerprint density at radius 3 is 2.50 bits per heavy atom. The van der Waals surface area contributed by atoms with E-state index in [0.29, 0.717) is 0 Å². The van der Waals surface area contributed by atoms with Gasteiger partial charge in [0.05, 0.1) is 12.7 Å². The number of aliphatic hydroxyl groups excluding tert-OH is 1. The predicted molar refractivity (Wildman–Crippen MR) is 73.1 cm³/mol. The van der Waals surface area contributed by atoms with Gasteiger partial charge < -0.3 is 14.6 Å². The Kier molecular flexibility index (Phi) is 4.81. The number of carbonyl (C=O) groups is 2. The molecule has 1 N–H and O–H groups in total. The van der Waals surface area contributed by atoms with Crippen LogP contribution >= 0.6 is 0 Å². The Labute approximate surface area is 119 Å². The van der Waals surface area contributed by atoms with Crippen LogP contribution in [0.4, 0.5) is 4.79 Å². The molecule has 2 atom stereocenters. The number of nitrogens with zero attached hydrogens (tertiary/aromatic N) is 1. The summed E-state index contributed by atoms with van der Waals surface area (Å²) in [6.07, 6.45) is 1.39. The highest BCUT2D eigenvalue weighted by Crippen LogP contribution is 2.30. The number of amides is 1. The van der Waals surface area contributed by atoms with Gasteiger partial charge in [-0.2, -0.15) is 0 Å². The lowest BCUT2D eigenvalue weighted by atomic mass is 9.93. The summed E-state index contributed by atoms with van der Waals surface area (Å²) in [4.78, 5) is 25.6. The molecule has 1 heterocycles. The molecule has 0 saturated carbocycles. The van der Waals surface area contributed by atoms with Crippen LogP contribution in [0, 0.1) is 0 Å². The van der Waals surface area contributed by atoms with E-state index in [2.05, 4.69) is 0 Å².